The van der Waals surface area contributed by atoms with Gasteiger partial charge in [-0.25, -0.2) is 4.98 Å². The van der Waals surface area contributed by atoms with E-state index in [-0.39, 0.29) is 0 Å². The molecule has 2 heterocycles. The van der Waals surface area contributed by atoms with E-state index in [0.717, 1.165) is 27.8 Å². The van der Waals surface area contributed by atoms with Crippen molar-refractivity contribution in [2.24, 2.45) is 0 Å². The summed E-state index contributed by atoms with van der Waals surface area (Å²) in [7, 11) is 0. The summed E-state index contributed by atoms with van der Waals surface area (Å²) in [6, 6.07) is 7.53. The quantitative estimate of drug-likeness (QED) is 0.855. The molecule has 1 unspecified atom stereocenters. The highest BCUT2D eigenvalue weighted by atomic mass is 79.9. The zero-order valence-electron chi connectivity index (χ0n) is 10.6. The van der Waals surface area contributed by atoms with Crippen LogP contribution >= 0.6 is 27.5 Å². The number of benzene rings is 1. The molecule has 1 N–H and O–H groups in total. The number of pyridine rings is 1. The minimum atomic E-state index is -0.627. The lowest BCUT2D eigenvalue weighted by molar-refractivity contribution is 0.177. The second-order valence-electron chi connectivity index (χ2n) is 4.78. The van der Waals surface area contributed by atoms with Gasteiger partial charge in [-0.15, -0.1) is 0 Å². The van der Waals surface area contributed by atoms with Crippen LogP contribution in [0.5, 0.6) is 5.75 Å². The first-order valence-electron chi connectivity index (χ1n) is 6.37. The topological polar surface area (TPSA) is 42.4 Å². The number of fused-ring (bicyclic) bond motifs is 1. The highest BCUT2D eigenvalue weighted by Gasteiger charge is 2.20. The molecule has 0 aliphatic carbocycles. The molecule has 1 aromatic carbocycles. The predicted molar refractivity (Wildman–Crippen MR) is 81.3 cm³/mol. The molecule has 0 fully saturated rings. The fraction of sp³-hybridized carbons (Fsp3) is 0.267. The molecule has 104 valence electrons. The number of aromatic nitrogens is 1. The maximum absolute atomic E-state index is 10.4. The van der Waals surface area contributed by atoms with E-state index in [4.69, 9.17) is 16.3 Å². The van der Waals surface area contributed by atoms with E-state index in [1.165, 1.54) is 5.56 Å². The fourth-order valence-electron chi connectivity index (χ4n) is 2.45. The van der Waals surface area contributed by atoms with E-state index in [2.05, 4.69) is 27.0 Å². The molecular formula is C15H13BrClNO2. The fourth-order valence-corrected chi connectivity index (χ4v) is 3.18. The second kappa shape index (κ2) is 5.72. The summed E-state index contributed by atoms with van der Waals surface area (Å²) in [4.78, 5) is 3.92. The number of rotatable bonds is 3. The van der Waals surface area contributed by atoms with Crippen LogP contribution in [0.25, 0.3) is 0 Å². The Bertz CT molecular complexity index is 648. The lowest BCUT2D eigenvalue weighted by Gasteiger charge is -2.14. The third kappa shape index (κ3) is 2.82. The Hall–Kier alpha value is -1.10. The number of nitrogens with zero attached hydrogens (tertiary/aromatic N) is 1. The van der Waals surface area contributed by atoms with Gasteiger partial charge >= 0.3 is 0 Å². The third-order valence-electron chi connectivity index (χ3n) is 3.37. The molecule has 0 saturated carbocycles. The van der Waals surface area contributed by atoms with Crippen molar-refractivity contribution >= 4 is 27.5 Å². The molecular weight excluding hydrogens is 342 g/mol. The molecule has 0 radical (unpaired) electrons. The molecule has 1 atom stereocenters. The van der Waals surface area contributed by atoms with Gasteiger partial charge in [0.2, 0.25) is 0 Å². The van der Waals surface area contributed by atoms with Crippen molar-refractivity contribution in [2.75, 3.05) is 6.61 Å². The smallest absolute Gasteiger partial charge is 0.129 e. The first kappa shape index (κ1) is 13.9. The third-order valence-corrected chi connectivity index (χ3v) is 4.04. The average molecular weight is 355 g/mol. The Kier molecular flexibility index (Phi) is 3.96. The van der Waals surface area contributed by atoms with Crippen LogP contribution in [0, 0.1) is 0 Å². The van der Waals surface area contributed by atoms with Crippen LogP contribution in [0.4, 0.5) is 0 Å². The van der Waals surface area contributed by atoms with Gasteiger partial charge in [-0.1, -0.05) is 27.5 Å². The van der Waals surface area contributed by atoms with E-state index in [1.807, 2.05) is 6.07 Å². The Morgan fingerprint density at radius 1 is 1.40 bits per heavy atom. The molecule has 3 rings (SSSR count). The first-order valence-corrected chi connectivity index (χ1v) is 7.54. The van der Waals surface area contributed by atoms with E-state index < -0.39 is 6.10 Å². The molecule has 0 amide bonds. The Labute approximate surface area is 130 Å². The number of hydrogen-bond acceptors (Lipinski definition) is 3. The van der Waals surface area contributed by atoms with Crippen LogP contribution < -0.4 is 4.74 Å². The van der Waals surface area contributed by atoms with Crippen LogP contribution in [0.15, 0.2) is 34.9 Å². The van der Waals surface area contributed by atoms with Gasteiger partial charge in [0.15, 0.2) is 0 Å². The van der Waals surface area contributed by atoms with Crippen molar-refractivity contribution in [3.05, 3.63) is 56.8 Å². The Morgan fingerprint density at radius 3 is 3.05 bits per heavy atom. The summed E-state index contributed by atoms with van der Waals surface area (Å²) in [6.07, 6.45) is 2.38. The average Bonchev–Trinajstić information content (AvgIpc) is 2.86. The highest BCUT2D eigenvalue weighted by Crippen LogP contribution is 2.35. The van der Waals surface area contributed by atoms with Crippen LogP contribution in [0.3, 0.4) is 0 Å². The van der Waals surface area contributed by atoms with Crippen molar-refractivity contribution in [2.45, 2.75) is 18.9 Å². The summed E-state index contributed by atoms with van der Waals surface area (Å²) in [6.45, 7) is 0.704. The summed E-state index contributed by atoms with van der Waals surface area (Å²) < 4.78 is 6.69. The molecule has 2 aromatic rings. The summed E-state index contributed by atoms with van der Waals surface area (Å²) in [5.74, 6) is 0.910. The molecule has 3 nitrogen and oxygen atoms in total. The predicted octanol–water partition coefficient (Wildman–Crippen LogP) is 3.71. The van der Waals surface area contributed by atoms with Gasteiger partial charge in [-0.2, -0.15) is 0 Å². The van der Waals surface area contributed by atoms with Crippen LogP contribution in [-0.4, -0.2) is 16.7 Å². The van der Waals surface area contributed by atoms with Crippen LogP contribution in [0.2, 0.25) is 5.15 Å². The van der Waals surface area contributed by atoms with Gasteiger partial charge in [-0.3, -0.25) is 0 Å². The van der Waals surface area contributed by atoms with Crippen molar-refractivity contribution in [3.63, 3.8) is 0 Å². The number of aliphatic hydroxyl groups excluding tert-OH is 1. The lowest BCUT2D eigenvalue weighted by atomic mass is 9.99. The second-order valence-corrected chi connectivity index (χ2v) is 6.09. The largest absolute Gasteiger partial charge is 0.493 e. The SMILES string of the molecule is OC(Cc1cc(Br)cc2c1OCC2)c1ccnc(Cl)c1. The van der Waals surface area contributed by atoms with Gasteiger partial charge in [0.25, 0.3) is 0 Å². The Balaban J connectivity index is 1.88. The Morgan fingerprint density at radius 2 is 2.25 bits per heavy atom. The van der Waals surface area contributed by atoms with E-state index >= 15 is 0 Å². The van der Waals surface area contributed by atoms with Gasteiger partial charge in [0.05, 0.1) is 12.7 Å². The molecule has 20 heavy (non-hydrogen) atoms. The standard InChI is InChI=1S/C15H13BrClNO2/c16-12-5-10-2-4-20-15(10)11(6-12)7-13(19)9-1-3-18-14(17)8-9/h1,3,5-6,8,13,19H,2,4,7H2. The van der Waals surface area contributed by atoms with Gasteiger partial charge in [0, 0.05) is 23.5 Å². The van der Waals surface area contributed by atoms with Crippen LogP contribution in [0.1, 0.15) is 22.8 Å². The molecule has 0 bridgehead atoms. The van der Waals surface area contributed by atoms with Crippen molar-refractivity contribution in [1.29, 1.82) is 0 Å². The molecule has 0 spiro atoms. The summed E-state index contributed by atoms with van der Waals surface area (Å²) >= 11 is 9.36. The molecule has 1 aliphatic heterocycles. The summed E-state index contributed by atoms with van der Waals surface area (Å²) in [5, 5.41) is 10.7. The normalized spacial score (nSPS) is 14.8. The molecule has 1 aromatic heterocycles. The summed E-state index contributed by atoms with van der Waals surface area (Å²) in [5.41, 5.74) is 2.96. The lowest BCUT2D eigenvalue weighted by Crippen LogP contribution is -2.04. The van der Waals surface area contributed by atoms with Crippen molar-refractivity contribution < 1.29 is 9.84 Å². The van der Waals surface area contributed by atoms with Crippen molar-refractivity contribution in [1.82, 2.24) is 4.98 Å². The van der Waals surface area contributed by atoms with E-state index in [1.54, 1.807) is 18.3 Å². The number of hydrogen-bond donors (Lipinski definition) is 1. The monoisotopic (exact) mass is 353 g/mol. The molecule has 5 heteroatoms. The van der Waals surface area contributed by atoms with Crippen LogP contribution in [-0.2, 0) is 12.8 Å². The maximum Gasteiger partial charge on any atom is 0.129 e. The molecule has 0 saturated heterocycles. The van der Waals surface area contributed by atoms with Gasteiger partial charge < -0.3 is 9.84 Å². The number of aliphatic hydroxyl groups is 1. The van der Waals surface area contributed by atoms with E-state index in [9.17, 15) is 5.11 Å². The maximum atomic E-state index is 10.4. The minimum absolute atomic E-state index is 0.386. The minimum Gasteiger partial charge on any atom is -0.493 e. The van der Waals surface area contributed by atoms with E-state index in [0.29, 0.717) is 18.2 Å². The van der Waals surface area contributed by atoms with Crippen molar-refractivity contribution in [3.8, 4) is 5.75 Å². The van der Waals surface area contributed by atoms with Gasteiger partial charge in [0.1, 0.15) is 10.9 Å². The zero-order chi connectivity index (χ0) is 14.1. The molecule has 1 aliphatic rings. The highest BCUT2D eigenvalue weighted by molar-refractivity contribution is 9.10. The number of halogens is 2. The number of ether oxygens (including phenoxy) is 1. The first-order chi connectivity index (χ1) is 9.63. The zero-order valence-corrected chi connectivity index (χ0v) is 13.0. The van der Waals surface area contributed by atoms with Gasteiger partial charge in [-0.05, 0) is 41.0 Å².